The Morgan fingerprint density at radius 1 is 1.00 bits per heavy atom. The topological polar surface area (TPSA) is 38.7 Å². The van der Waals surface area contributed by atoms with Gasteiger partial charge in [-0.15, -0.1) is 10.2 Å². The lowest BCUT2D eigenvalue weighted by Gasteiger charge is -2.04. The Kier molecular flexibility index (Phi) is 4.65. The van der Waals surface area contributed by atoms with Crippen molar-refractivity contribution >= 4 is 23.4 Å². The monoisotopic (exact) mass is 331 g/mol. The van der Waals surface area contributed by atoms with Gasteiger partial charge in [-0.05, 0) is 42.0 Å². The zero-order chi connectivity index (χ0) is 15.4. The highest BCUT2D eigenvalue weighted by atomic mass is 35.5. The summed E-state index contributed by atoms with van der Waals surface area (Å²) in [4.78, 5) is 4.23. The molecule has 0 atom stereocenters. The van der Waals surface area contributed by atoms with E-state index in [0.29, 0.717) is 10.8 Å². The number of halogens is 2. The summed E-state index contributed by atoms with van der Waals surface area (Å²) in [6.07, 6.45) is 1.72. The third-order valence-corrected chi connectivity index (χ3v) is 4.28. The lowest BCUT2D eigenvalue weighted by atomic mass is 10.2. The minimum absolute atomic E-state index is 0.335. The van der Waals surface area contributed by atoms with E-state index in [4.69, 9.17) is 11.6 Å². The average Bonchev–Trinajstić information content (AvgIpc) is 2.55. The molecule has 0 unspecified atom stereocenters. The highest BCUT2D eigenvalue weighted by molar-refractivity contribution is 7.98. The Balaban J connectivity index is 1.69. The van der Waals surface area contributed by atoms with Gasteiger partial charge >= 0.3 is 0 Å². The van der Waals surface area contributed by atoms with Crippen molar-refractivity contribution in [2.75, 3.05) is 0 Å². The Morgan fingerprint density at radius 2 is 1.91 bits per heavy atom. The molecule has 2 aromatic heterocycles. The minimum Gasteiger partial charge on any atom is -0.255 e. The average molecular weight is 332 g/mol. The van der Waals surface area contributed by atoms with Crippen LogP contribution in [-0.2, 0) is 5.75 Å². The van der Waals surface area contributed by atoms with Crippen LogP contribution >= 0.6 is 23.4 Å². The second-order valence-electron chi connectivity index (χ2n) is 4.50. The number of hydrogen-bond acceptors (Lipinski definition) is 4. The quantitative estimate of drug-likeness (QED) is 0.654. The van der Waals surface area contributed by atoms with E-state index in [1.807, 2.05) is 30.3 Å². The van der Waals surface area contributed by atoms with E-state index in [1.54, 1.807) is 12.3 Å². The summed E-state index contributed by atoms with van der Waals surface area (Å²) in [6.45, 7) is 0. The number of hydrogen-bond donors (Lipinski definition) is 0. The molecule has 6 heteroatoms. The number of benzene rings is 1. The molecule has 0 aliphatic rings. The Labute approximate surface area is 136 Å². The summed E-state index contributed by atoms with van der Waals surface area (Å²) in [5.74, 6) is 0.273. The molecule has 0 spiro atoms. The van der Waals surface area contributed by atoms with Crippen LogP contribution in [0.4, 0.5) is 4.39 Å². The number of rotatable bonds is 4. The minimum atomic E-state index is -0.335. The van der Waals surface area contributed by atoms with Gasteiger partial charge in [0.1, 0.15) is 16.5 Å². The van der Waals surface area contributed by atoms with E-state index < -0.39 is 0 Å². The molecule has 0 N–H and O–H groups in total. The normalized spacial score (nSPS) is 10.6. The van der Waals surface area contributed by atoms with Crippen molar-refractivity contribution in [3.05, 3.63) is 71.1 Å². The molecule has 0 amide bonds. The van der Waals surface area contributed by atoms with Crippen molar-refractivity contribution in [3.8, 4) is 11.4 Å². The first-order valence-corrected chi connectivity index (χ1v) is 7.90. The fraction of sp³-hybridized carbons (Fsp3) is 0.0625. The largest absolute Gasteiger partial charge is 0.255 e. The van der Waals surface area contributed by atoms with Gasteiger partial charge in [-0.3, -0.25) is 4.98 Å². The molecule has 0 saturated carbocycles. The van der Waals surface area contributed by atoms with Crippen LogP contribution in [0.1, 0.15) is 5.56 Å². The highest BCUT2D eigenvalue weighted by Crippen LogP contribution is 2.26. The number of nitrogens with zero attached hydrogens (tertiary/aromatic N) is 3. The maximum Gasteiger partial charge on any atom is 0.124 e. The number of aromatic nitrogens is 3. The van der Waals surface area contributed by atoms with Crippen molar-refractivity contribution in [2.45, 2.75) is 10.8 Å². The molecule has 0 radical (unpaired) electrons. The van der Waals surface area contributed by atoms with E-state index >= 15 is 0 Å². The smallest absolute Gasteiger partial charge is 0.124 e. The van der Waals surface area contributed by atoms with Crippen LogP contribution in [0.25, 0.3) is 11.4 Å². The van der Waals surface area contributed by atoms with Crippen molar-refractivity contribution in [1.82, 2.24) is 15.2 Å². The molecular weight excluding hydrogens is 321 g/mol. The van der Waals surface area contributed by atoms with E-state index in [2.05, 4.69) is 15.2 Å². The molecule has 2 heterocycles. The molecular formula is C16H11ClFN3S. The molecule has 0 fully saturated rings. The Hall–Kier alpha value is -1.98. The van der Waals surface area contributed by atoms with E-state index in [0.717, 1.165) is 22.0 Å². The van der Waals surface area contributed by atoms with Crippen molar-refractivity contribution in [2.24, 2.45) is 0 Å². The fourth-order valence-electron chi connectivity index (χ4n) is 1.84. The standard InChI is InChI=1S/C16H11ClFN3S/c17-13-9-12(18)5-4-11(13)10-22-16-7-6-15(20-21-16)14-3-1-2-8-19-14/h1-9H,10H2. The van der Waals surface area contributed by atoms with Crippen molar-refractivity contribution in [1.29, 1.82) is 0 Å². The first-order valence-electron chi connectivity index (χ1n) is 6.54. The highest BCUT2D eigenvalue weighted by Gasteiger charge is 2.05. The molecule has 3 aromatic rings. The Morgan fingerprint density at radius 3 is 2.59 bits per heavy atom. The molecule has 22 heavy (non-hydrogen) atoms. The van der Waals surface area contributed by atoms with Gasteiger partial charge < -0.3 is 0 Å². The molecule has 0 saturated heterocycles. The predicted molar refractivity (Wildman–Crippen MR) is 86.2 cm³/mol. The van der Waals surface area contributed by atoms with Gasteiger partial charge in [0, 0.05) is 17.0 Å². The van der Waals surface area contributed by atoms with Crippen LogP contribution < -0.4 is 0 Å². The number of pyridine rings is 1. The van der Waals surface area contributed by atoms with Gasteiger partial charge in [0.05, 0.1) is 5.69 Å². The molecule has 3 nitrogen and oxygen atoms in total. The Bertz CT molecular complexity index is 766. The maximum absolute atomic E-state index is 13.0. The SMILES string of the molecule is Fc1ccc(CSc2ccc(-c3ccccn3)nn2)c(Cl)c1. The van der Waals surface area contributed by atoms with Gasteiger partial charge in [-0.1, -0.05) is 35.5 Å². The van der Waals surface area contributed by atoms with Crippen molar-refractivity contribution < 1.29 is 4.39 Å². The summed E-state index contributed by atoms with van der Waals surface area (Å²) < 4.78 is 13.0. The molecule has 0 bridgehead atoms. The second-order valence-corrected chi connectivity index (χ2v) is 5.90. The summed E-state index contributed by atoms with van der Waals surface area (Å²) in [7, 11) is 0. The molecule has 0 aliphatic carbocycles. The van der Waals surface area contributed by atoms with E-state index in [9.17, 15) is 4.39 Å². The molecule has 1 aromatic carbocycles. The lowest BCUT2D eigenvalue weighted by Crippen LogP contribution is -1.92. The predicted octanol–water partition coefficient (Wildman–Crippen LogP) is 4.62. The summed E-state index contributed by atoms with van der Waals surface area (Å²) in [5, 5.41) is 9.54. The summed E-state index contributed by atoms with van der Waals surface area (Å²) in [6, 6.07) is 13.8. The van der Waals surface area contributed by atoms with Crippen LogP contribution in [0.3, 0.4) is 0 Å². The van der Waals surface area contributed by atoms with Crippen LogP contribution in [-0.4, -0.2) is 15.2 Å². The van der Waals surface area contributed by atoms with Gasteiger partial charge in [-0.2, -0.15) is 0 Å². The fourth-order valence-corrected chi connectivity index (χ4v) is 2.97. The van der Waals surface area contributed by atoms with E-state index in [1.165, 1.54) is 23.9 Å². The summed E-state index contributed by atoms with van der Waals surface area (Å²) in [5.41, 5.74) is 2.38. The zero-order valence-corrected chi connectivity index (χ0v) is 13.0. The van der Waals surface area contributed by atoms with E-state index in [-0.39, 0.29) is 5.82 Å². The first-order chi connectivity index (χ1) is 10.7. The van der Waals surface area contributed by atoms with Gasteiger partial charge in [0.2, 0.25) is 0 Å². The molecule has 110 valence electrons. The first kappa shape index (κ1) is 14.9. The maximum atomic E-state index is 13.0. The summed E-state index contributed by atoms with van der Waals surface area (Å²) >= 11 is 7.50. The van der Waals surface area contributed by atoms with Crippen molar-refractivity contribution in [3.63, 3.8) is 0 Å². The lowest BCUT2D eigenvalue weighted by molar-refractivity contribution is 0.627. The van der Waals surface area contributed by atoms with Gasteiger partial charge in [-0.25, -0.2) is 4.39 Å². The second kappa shape index (κ2) is 6.85. The van der Waals surface area contributed by atoms with Gasteiger partial charge in [0.15, 0.2) is 0 Å². The van der Waals surface area contributed by atoms with Crippen LogP contribution in [0.5, 0.6) is 0 Å². The van der Waals surface area contributed by atoms with Crippen LogP contribution in [0.15, 0.2) is 59.8 Å². The number of thioether (sulfide) groups is 1. The molecule has 0 aliphatic heterocycles. The van der Waals surface area contributed by atoms with Gasteiger partial charge in [0.25, 0.3) is 0 Å². The zero-order valence-electron chi connectivity index (χ0n) is 11.4. The van der Waals surface area contributed by atoms with Crippen LogP contribution in [0, 0.1) is 5.82 Å². The van der Waals surface area contributed by atoms with Crippen LogP contribution in [0.2, 0.25) is 5.02 Å². The molecule has 3 rings (SSSR count). The third-order valence-electron chi connectivity index (χ3n) is 2.96. The third kappa shape index (κ3) is 3.61.